The molecule has 0 unspecified atom stereocenters. The van der Waals surface area contributed by atoms with E-state index < -0.39 is 21.7 Å². The Kier molecular flexibility index (Phi) is 5.82. The third-order valence-corrected chi connectivity index (χ3v) is 6.02. The average Bonchev–Trinajstić information content (AvgIpc) is 3.16. The van der Waals surface area contributed by atoms with E-state index in [1.165, 1.54) is 26.0 Å². The van der Waals surface area contributed by atoms with Crippen LogP contribution in [0.5, 0.6) is 11.5 Å². The molecule has 2 heterocycles. The van der Waals surface area contributed by atoms with Gasteiger partial charge in [-0.2, -0.15) is 8.42 Å². The Morgan fingerprint density at radius 1 is 0.970 bits per heavy atom. The van der Waals surface area contributed by atoms with Gasteiger partial charge in [0, 0.05) is 17.9 Å². The summed E-state index contributed by atoms with van der Waals surface area (Å²) >= 11 is 0. The summed E-state index contributed by atoms with van der Waals surface area (Å²) in [5.74, 6) is -0.274. The molecular weight excluding hydrogens is 448 g/mol. The fourth-order valence-corrected chi connectivity index (χ4v) is 4.45. The zero-order valence-corrected chi connectivity index (χ0v) is 18.9. The lowest BCUT2D eigenvalue weighted by Crippen LogP contribution is -2.12. The van der Waals surface area contributed by atoms with Gasteiger partial charge in [0.2, 0.25) is 0 Å². The van der Waals surface area contributed by atoms with Crippen LogP contribution in [0.3, 0.4) is 0 Å². The summed E-state index contributed by atoms with van der Waals surface area (Å²) in [6, 6.07) is 14.8. The van der Waals surface area contributed by atoms with Gasteiger partial charge in [-0.3, -0.25) is 4.79 Å². The Morgan fingerprint density at radius 3 is 2.39 bits per heavy atom. The van der Waals surface area contributed by atoms with Crippen molar-refractivity contribution in [2.75, 3.05) is 0 Å². The number of rotatable bonds is 6. The van der Waals surface area contributed by atoms with Crippen LogP contribution in [0.2, 0.25) is 0 Å². The Morgan fingerprint density at radius 2 is 1.70 bits per heavy atom. The quantitative estimate of drug-likeness (QED) is 0.300. The molecule has 170 valence electrons. The molecule has 0 N–H and O–H groups in total. The second-order valence-electron chi connectivity index (χ2n) is 7.47. The maximum atomic E-state index is 12.4. The first-order valence-corrected chi connectivity index (χ1v) is 11.5. The van der Waals surface area contributed by atoms with Crippen LogP contribution in [0.4, 0.5) is 0 Å². The maximum absolute atomic E-state index is 12.4. The molecule has 0 aliphatic heterocycles. The van der Waals surface area contributed by atoms with Crippen LogP contribution in [-0.4, -0.2) is 14.4 Å². The molecule has 0 saturated heterocycles. The summed E-state index contributed by atoms with van der Waals surface area (Å²) in [5.41, 5.74) is 0.959. The number of carbonyl (C=O) groups excluding carboxylic acids is 1. The van der Waals surface area contributed by atoms with E-state index in [4.69, 9.17) is 17.8 Å². The number of hydrogen-bond acceptors (Lipinski definition) is 8. The zero-order valence-electron chi connectivity index (χ0n) is 18.1. The van der Waals surface area contributed by atoms with Gasteiger partial charge in [-0.15, -0.1) is 0 Å². The predicted molar refractivity (Wildman–Crippen MR) is 121 cm³/mol. The fourth-order valence-electron chi connectivity index (χ4n) is 3.39. The van der Waals surface area contributed by atoms with Gasteiger partial charge >= 0.3 is 21.7 Å². The number of benzene rings is 2. The lowest BCUT2D eigenvalue weighted by Gasteiger charge is -2.10. The smallest absolute Gasteiger partial charge is 0.343 e. The topological polar surface area (TPSA) is 113 Å². The van der Waals surface area contributed by atoms with Crippen molar-refractivity contribution >= 4 is 27.1 Å². The Labute approximate surface area is 189 Å². The van der Waals surface area contributed by atoms with Crippen molar-refractivity contribution < 1.29 is 31.0 Å². The molecule has 4 aromatic rings. The molecule has 8 nitrogen and oxygen atoms in total. The maximum Gasteiger partial charge on any atom is 0.343 e. The lowest BCUT2D eigenvalue weighted by atomic mass is 10.1. The largest absolute Gasteiger partial charge is 0.453 e. The summed E-state index contributed by atoms with van der Waals surface area (Å²) in [5, 5.41) is 0.536. The van der Waals surface area contributed by atoms with Gasteiger partial charge in [0.15, 0.2) is 11.5 Å². The van der Waals surface area contributed by atoms with Gasteiger partial charge in [0.25, 0.3) is 0 Å². The molecule has 2 aromatic heterocycles. The van der Waals surface area contributed by atoms with Crippen molar-refractivity contribution in [1.29, 1.82) is 0 Å². The molecule has 0 amide bonds. The Hall–Kier alpha value is -3.85. The van der Waals surface area contributed by atoms with Crippen LogP contribution in [0.25, 0.3) is 22.5 Å². The molecule has 9 heteroatoms. The van der Waals surface area contributed by atoms with Gasteiger partial charge < -0.3 is 17.8 Å². The van der Waals surface area contributed by atoms with Crippen LogP contribution >= 0.6 is 0 Å². The van der Waals surface area contributed by atoms with Crippen LogP contribution in [0.15, 0.2) is 68.2 Å². The Balaban J connectivity index is 1.67. The highest BCUT2D eigenvalue weighted by molar-refractivity contribution is 7.86. The van der Waals surface area contributed by atoms with Crippen molar-refractivity contribution in [1.82, 2.24) is 0 Å². The minimum absolute atomic E-state index is 0.109. The molecular formula is C24H20O8S. The third-order valence-electron chi connectivity index (χ3n) is 4.89. The van der Waals surface area contributed by atoms with Crippen molar-refractivity contribution in [2.45, 2.75) is 26.5 Å². The molecule has 0 aliphatic rings. The summed E-state index contributed by atoms with van der Waals surface area (Å²) in [6.07, 6.45) is 0. The molecule has 0 saturated carbocycles. The fraction of sp³-hybridized carbons (Fsp3) is 0.167. The van der Waals surface area contributed by atoms with E-state index in [1.54, 1.807) is 49.4 Å². The first-order valence-electron chi connectivity index (χ1n) is 9.96. The van der Waals surface area contributed by atoms with Crippen LogP contribution in [-0.2, 0) is 20.7 Å². The van der Waals surface area contributed by atoms with Crippen molar-refractivity contribution in [3.8, 4) is 23.0 Å². The second kappa shape index (κ2) is 8.59. The number of fused-ring (bicyclic) bond motifs is 1. The normalized spacial score (nSPS) is 11.5. The first-order chi connectivity index (χ1) is 15.6. The highest BCUT2D eigenvalue weighted by atomic mass is 32.2. The van der Waals surface area contributed by atoms with Crippen LogP contribution in [0, 0.1) is 13.8 Å². The van der Waals surface area contributed by atoms with E-state index in [-0.39, 0.29) is 34.3 Å². The number of ether oxygens (including phenoxy) is 1. The van der Waals surface area contributed by atoms with Gasteiger partial charge in [0.05, 0.1) is 5.56 Å². The number of furan rings is 1. The van der Waals surface area contributed by atoms with Crippen LogP contribution in [0.1, 0.15) is 23.6 Å². The summed E-state index contributed by atoms with van der Waals surface area (Å²) in [7, 11) is -3.87. The lowest BCUT2D eigenvalue weighted by molar-refractivity contribution is -0.132. The van der Waals surface area contributed by atoms with Crippen molar-refractivity contribution in [3.63, 3.8) is 0 Å². The minimum Gasteiger partial charge on any atom is -0.453 e. The second-order valence-corrected chi connectivity index (χ2v) is 9.04. The zero-order chi connectivity index (χ0) is 23.8. The standard InChI is InChI=1S/C24H20O8S/c1-14-22(29-16(3)25)15(2)24(26)31-23(14)21-12-18-11-19(9-10-20(18)30-21)32-33(27,28)13-17-7-5-4-6-8-17/h4-12H,13H2,1-3H3. The van der Waals surface area contributed by atoms with E-state index in [9.17, 15) is 18.0 Å². The van der Waals surface area contributed by atoms with Crippen molar-refractivity contribution in [2.24, 2.45) is 0 Å². The molecule has 0 atom stereocenters. The molecule has 0 fully saturated rings. The van der Waals surface area contributed by atoms with E-state index in [0.29, 0.717) is 22.1 Å². The predicted octanol–water partition coefficient (Wildman–Crippen LogP) is 4.50. The molecule has 0 bridgehead atoms. The molecule has 0 spiro atoms. The Bertz CT molecular complexity index is 1510. The molecule has 0 radical (unpaired) electrons. The molecule has 33 heavy (non-hydrogen) atoms. The van der Waals surface area contributed by atoms with E-state index >= 15 is 0 Å². The molecule has 2 aromatic carbocycles. The number of carbonyl (C=O) groups is 1. The van der Waals surface area contributed by atoms with Gasteiger partial charge in [-0.05, 0) is 43.7 Å². The minimum atomic E-state index is -3.87. The third kappa shape index (κ3) is 4.83. The van der Waals surface area contributed by atoms with E-state index in [1.807, 2.05) is 0 Å². The number of esters is 1. The highest BCUT2D eigenvalue weighted by Gasteiger charge is 2.21. The van der Waals surface area contributed by atoms with Gasteiger partial charge in [0.1, 0.15) is 22.8 Å². The summed E-state index contributed by atoms with van der Waals surface area (Å²) < 4.78 is 46.5. The molecule has 4 rings (SSSR count). The average molecular weight is 468 g/mol. The highest BCUT2D eigenvalue weighted by Crippen LogP contribution is 2.35. The van der Waals surface area contributed by atoms with Crippen molar-refractivity contribution in [3.05, 3.63) is 81.7 Å². The summed E-state index contributed by atoms with van der Waals surface area (Å²) in [4.78, 5) is 23.7. The SMILES string of the molecule is CC(=O)Oc1c(C)c(-c2cc3cc(OS(=O)(=O)Cc4ccccc4)ccc3o2)oc(=O)c1C. The van der Waals surface area contributed by atoms with Gasteiger partial charge in [-0.1, -0.05) is 30.3 Å². The van der Waals surface area contributed by atoms with Crippen LogP contribution < -0.4 is 14.5 Å². The summed E-state index contributed by atoms with van der Waals surface area (Å²) in [6.45, 7) is 4.38. The molecule has 0 aliphatic carbocycles. The first kappa shape index (κ1) is 22.3. The monoisotopic (exact) mass is 468 g/mol. The van der Waals surface area contributed by atoms with Gasteiger partial charge in [-0.25, -0.2) is 4.79 Å². The van der Waals surface area contributed by atoms with E-state index in [2.05, 4.69) is 0 Å². The number of hydrogen-bond donors (Lipinski definition) is 0. The van der Waals surface area contributed by atoms with E-state index in [0.717, 1.165) is 0 Å².